The minimum absolute atomic E-state index is 0.341. The molecule has 122 valence electrons. The molecule has 0 radical (unpaired) electrons. The number of imidazole rings is 1. The number of hydrogen-bond donors (Lipinski definition) is 4. The van der Waals surface area contributed by atoms with Gasteiger partial charge in [0.1, 0.15) is 5.82 Å². The van der Waals surface area contributed by atoms with Crippen LogP contribution in [-0.2, 0) is 5.54 Å². The van der Waals surface area contributed by atoms with Gasteiger partial charge in [0, 0.05) is 23.8 Å². The van der Waals surface area contributed by atoms with Gasteiger partial charge in [-0.25, -0.2) is 4.98 Å². The Kier molecular flexibility index (Phi) is 3.19. The maximum atomic E-state index is 4.74. The zero-order valence-corrected chi connectivity index (χ0v) is 13.9. The Balaban J connectivity index is 1.68. The van der Waals surface area contributed by atoms with E-state index in [-0.39, 0.29) is 5.54 Å². The Morgan fingerprint density at radius 2 is 1.79 bits per heavy atom. The van der Waals surface area contributed by atoms with Crippen molar-refractivity contribution in [2.45, 2.75) is 19.4 Å². The standard InChI is InChI=1S/C18H20N6/c1-18(2,23-13-5-4-11-10-20-24-15(11)9-13)17-21-14-7-6-12(19-3)8-16(14)22-17/h4-10,19,23H,1-3H3,(H,20,24)(H,21,22). The van der Waals surface area contributed by atoms with Crippen molar-refractivity contribution in [3.8, 4) is 0 Å². The monoisotopic (exact) mass is 320 g/mol. The average Bonchev–Trinajstić information content (AvgIpc) is 3.19. The number of anilines is 2. The predicted octanol–water partition coefficient (Wildman–Crippen LogP) is 3.83. The molecule has 0 aliphatic heterocycles. The van der Waals surface area contributed by atoms with E-state index in [9.17, 15) is 0 Å². The first kappa shape index (κ1) is 14.6. The predicted molar refractivity (Wildman–Crippen MR) is 98.4 cm³/mol. The van der Waals surface area contributed by atoms with Crippen molar-refractivity contribution in [3.05, 3.63) is 48.4 Å². The Morgan fingerprint density at radius 3 is 2.62 bits per heavy atom. The highest BCUT2D eigenvalue weighted by Gasteiger charge is 2.24. The maximum absolute atomic E-state index is 4.74. The number of rotatable bonds is 4. The van der Waals surface area contributed by atoms with Gasteiger partial charge >= 0.3 is 0 Å². The van der Waals surface area contributed by atoms with E-state index in [1.807, 2.05) is 25.4 Å². The lowest BCUT2D eigenvalue weighted by Gasteiger charge is -2.25. The molecule has 2 aromatic carbocycles. The minimum Gasteiger partial charge on any atom is -0.388 e. The first-order valence-electron chi connectivity index (χ1n) is 7.94. The lowest BCUT2D eigenvalue weighted by atomic mass is 10.0. The van der Waals surface area contributed by atoms with Crippen molar-refractivity contribution >= 4 is 33.3 Å². The quantitative estimate of drug-likeness (QED) is 0.461. The molecule has 24 heavy (non-hydrogen) atoms. The molecule has 6 heteroatoms. The summed E-state index contributed by atoms with van der Waals surface area (Å²) in [6.07, 6.45) is 1.82. The molecular weight excluding hydrogens is 300 g/mol. The van der Waals surface area contributed by atoms with Crippen LogP contribution in [0.5, 0.6) is 0 Å². The molecule has 0 atom stereocenters. The lowest BCUT2D eigenvalue weighted by molar-refractivity contribution is 0.573. The summed E-state index contributed by atoms with van der Waals surface area (Å²) in [4.78, 5) is 8.17. The summed E-state index contributed by atoms with van der Waals surface area (Å²) in [6, 6.07) is 12.3. The van der Waals surface area contributed by atoms with Gasteiger partial charge in [-0.15, -0.1) is 0 Å². The molecular formula is C18H20N6. The number of fused-ring (bicyclic) bond motifs is 2. The summed E-state index contributed by atoms with van der Waals surface area (Å²) < 4.78 is 0. The van der Waals surface area contributed by atoms with Crippen LogP contribution in [0.1, 0.15) is 19.7 Å². The number of nitrogens with one attached hydrogen (secondary N) is 4. The Morgan fingerprint density at radius 1 is 1.00 bits per heavy atom. The van der Waals surface area contributed by atoms with Crippen molar-refractivity contribution in [3.63, 3.8) is 0 Å². The van der Waals surface area contributed by atoms with E-state index >= 15 is 0 Å². The van der Waals surface area contributed by atoms with Crippen molar-refractivity contribution in [2.24, 2.45) is 0 Å². The molecule has 2 aromatic heterocycles. The molecule has 0 amide bonds. The zero-order chi connectivity index (χ0) is 16.7. The number of benzene rings is 2. The van der Waals surface area contributed by atoms with Gasteiger partial charge < -0.3 is 15.6 Å². The number of hydrogen-bond acceptors (Lipinski definition) is 4. The fraction of sp³-hybridized carbons (Fsp3) is 0.222. The van der Waals surface area contributed by atoms with Gasteiger partial charge in [-0.2, -0.15) is 5.10 Å². The second-order valence-electron chi connectivity index (χ2n) is 6.49. The molecule has 6 nitrogen and oxygen atoms in total. The van der Waals surface area contributed by atoms with Crippen LogP contribution in [0.2, 0.25) is 0 Å². The third kappa shape index (κ3) is 2.46. The Hall–Kier alpha value is -3.02. The fourth-order valence-corrected chi connectivity index (χ4v) is 2.90. The number of nitrogens with zero attached hydrogens (tertiary/aromatic N) is 2. The second-order valence-corrected chi connectivity index (χ2v) is 6.49. The molecule has 0 fully saturated rings. The Labute approximate surface area is 139 Å². The van der Waals surface area contributed by atoms with Crippen LogP contribution in [0.4, 0.5) is 11.4 Å². The highest BCUT2D eigenvalue weighted by Crippen LogP contribution is 2.28. The van der Waals surface area contributed by atoms with Crippen LogP contribution in [-0.4, -0.2) is 27.2 Å². The van der Waals surface area contributed by atoms with E-state index in [1.54, 1.807) is 0 Å². The molecule has 0 saturated heterocycles. The summed E-state index contributed by atoms with van der Waals surface area (Å²) in [6.45, 7) is 4.22. The van der Waals surface area contributed by atoms with Gasteiger partial charge in [0.2, 0.25) is 0 Å². The topological polar surface area (TPSA) is 81.4 Å². The molecule has 0 aliphatic carbocycles. The molecule has 0 aliphatic rings. The van der Waals surface area contributed by atoms with Gasteiger partial charge in [-0.1, -0.05) is 0 Å². The van der Waals surface area contributed by atoms with E-state index < -0.39 is 0 Å². The molecule has 0 saturated carbocycles. The van der Waals surface area contributed by atoms with Crippen molar-refractivity contribution in [2.75, 3.05) is 17.7 Å². The molecule has 0 unspecified atom stereocenters. The highest BCUT2D eigenvalue weighted by molar-refractivity contribution is 5.82. The summed E-state index contributed by atoms with van der Waals surface area (Å²) in [7, 11) is 1.91. The number of aromatic amines is 2. The molecule has 0 bridgehead atoms. The fourth-order valence-electron chi connectivity index (χ4n) is 2.90. The van der Waals surface area contributed by atoms with Crippen LogP contribution in [0.25, 0.3) is 21.9 Å². The van der Waals surface area contributed by atoms with E-state index in [1.165, 1.54) is 0 Å². The smallest absolute Gasteiger partial charge is 0.132 e. The van der Waals surface area contributed by atoms with Gasteiger partial charge in [-0.05, 0) is 50.2 Å². The van der Waals surface area contributed by atoms with Gasteiger partial charge in [-0.3, -0.25) is 5.10 Å². The van der Waals surface area contributed by atoms with E-state index in [0.717, 1.165) is 39.1 Å². The van der Waals surface area contributed by atoms with E-state index in [0.29, 0.717) is 0 Å². The third-order valence-corrected chi connectivity index (χ3v) is 4.26. The summed E-state index contributed by atoms with van der Waals surface area (Å²) >= 11 is 0. The second kappa shape index (κ2) is 5.26. The van der Waals surface area contributed by atoms with Crippen LogP contribution in [0, 0.1) is 0 Å². The summed E-state index contributed by atoms with van der Waals surface area (Å²) in [5.41, 5.74) is 4.74. The van der Waals surface area contributed by atoms with Gasteiger partial charge in [0.05, 0.1) is 28.3 Å². The lowest BCUT2D eigenvalue weighted by Crippen LogP contribution is -2.29. The molecule has 4 aromatic rings. The third-order valence-electron chi connectivity index (χ3n) is 4.26. The molecule has 4 N–H and O–H groups in total. The first-order chi connectivity index (χ1) is 11.5. The van der Waals surface area contributed by atoms with Crippen molar-refractivity contribution in [1.82, 2.24) is 20.2 Å². The van der Waals surface area contributed by atoms with Crippen LogP contribution < -0.4 is 10.6 Å². The SMILES string of the molecule is CNc1ccc2nc(C(C)(C)Nc3ccc4cn[nH]c4c3)[nH]c2c1. The highest BCUT2D eigenvalue weighted by atomic mass is 15.1. The normalized spacial score (nSPS) is 12.0. The summed E-state index contributed by atoms with van der Waals surface area (Å²) in [5, 5.41) is 14.9. The molecule has 4 rings (SSSR count). The summed E-state index contributed by atoms with van der Waals surface area (Å²) in [5.74, 6) is 0.899. The molecule has 2 heterocycles. The van der Waals surface area contributed by atoms with Crippen molar-refractivity contribution in [1.29, 1.82) is 0 Å². The average molecular weight is 320 g/mol. The maximum Gasteiger partial charge on any atom is 0.132 e. The number of H-pyrrole nitrogens is 2. The van der Waals surface area contributed by atoms with Gasteiger partial charge in [0.15, 0.2) is 0 Å². The largest absolute Gasteiger partial charge is 0.388 e. The minimum atomic E-state index is -0.341. The first-order valence-corrected chi connectivity index (χ1v) is 7.94. The van der Waals surface area contributed by atoms with Crippen LogP contribution >= 0.6 is 0 Å². The zero-order valence-electron chi connectivity index (χ0n) is 13.9. The van der Waals surface area contributed by atoms with Crippen LogP contribution in [0.15, 0.2) is 42.6 Å². The Bertz CT molecular complexity index is 1010. The van der Waals surface area contributed by atoms with Crippen molar-refractivity contribution < 1.29 is 0 Å². The van der Waals surface area contributed by atoms with E-state index in [4.69, 9.17) is 4.98 Å². The number of aromatic nitrogens is 4. The van der Waals surface area contributed by atoms with Crippen LogP contribution in [0.3, 0.4) is 0 Å². The van der Waals surface area contributed by atoms with E-state index in [2.05, 4.69) is 63.9 Å². The molecule has 0 spiro atoms. The van der Waals surface area contributed by atoms with Gasteiger partial charge in [0.25, 0.3) is 0 Å².